The first-order valence-corrected chi connectivity index (χ1v) is 11.1. The lowest BCUT2D eigenvalue weighted by Crippen LogP contribution is -2.20. The maximum Gasteiger partial charge on any atom is 0.335 e. The summed E-state index contributed by atoms with van der Waals surface area (Å²) in [5.74, 6) is 1.47. The Hall–Kier alpha value is -3.04. The van der Waals surface area contributed by atoms with E-state index in [1.165, 1.54) is 32.1 Å². The van der Waals surface area contributed by atoms with Crippen molar-refractivity contribution in [2.75, 3.05) is 6.61 Å². The Kier molecular flexibility index (Phi) is 5.52. The summed E-state index contributed by atoms with van der Waals surface area (Å²) in [5.41, 5.74) is 3.18. The molecule has 10 heteroatoms. The van der Waals surface area contributed by atoms with Gasteiger partial charge in [-0.25, -0.2) is 9.67 Å². The fourth-order valence-corrected chi connectivity index (χ4v) is 3.94. The SMILES string of the molecule is Cc1nc(-c2nnn(C)c2Cn2nnnc2OCC2CC2)ccc1OC1CCCCC1. The van der Waals surface area contributed by atoms with Crippen molar-refractivity contribution in [1.82, 2.24) is 40.2 Å². The molecule has 2 aliphatic carbocycles. The van der Waals surface area contributed by atoms with Crippen LogP contribution in [0.1, 0.15) is 56.3 Å². The largest absolute Gasteiger partial charge is 0.489 e. The second kappa shape index (κ2) is 8.60. The average Bonchev–Trinajstić information content (AvgIpc) is 3.40. The van der Waals surface area contributed by atoms with Gasteiger partial charge in [0.2, 0.25) is 0 Å². The summed E-state index contributed by atoms with van der Waals surface area (Å²) in [4.78, 5) is 4.77. The zero-order valence-electron chi connectivity index (χ0n) is 18.1. The molecule has 0 spiro atoms. The van der Waals surface area contributed by atoms with Crippen LogP contribution in [-0.4, -0.2) is 52.9 Å². The van der Waals surface area contributed by atoms with Gasteiger partial charge in [0.15, 0.2) is 0 Å². The first-order valence-electron chi connectivity index (χ1n) is 11.1. The second-order valence-corrected chi connectivity index (χ2v) is 8.54. The van der Waals surface area contributed by atoms with Crippen molar-refractivity contribution >= 4 is 0 Å². The summed E-state index contributed by atoms with van der Waals surface area (Å²) in [6.45, 7) is 3.02. The molecule has 2 saturated carbocycles. The molecule has 2 aliphatic rings. The standard InChI is InChI=1S/C21H28N8O2/c1-14-19(31-16-6-4-3-5-7-16)11-10-17(22-14)20-18(28(2)26-23-20)12-29-21(24-25-27-29)30-13-15-8-9-15/h10-11,15-16H,3-9,12-13H2,1-2H3. The molecule has 3 heterocycles. The Morgan fingerprint density at radius 1 is 1.03 bits per heavy atom. The van der Waals surface area contributed by atoms with E-state index in [1.807, 2.05) is 26.1 Å². The minimum absolute atomic E-state index is 0.293. The lowest BCUT2D eigenvalue weighted by Gasteiger charge is -2.23. The third-order valence-electron chi connectivity index (χ3n) is 6.01. The van der Waals surface area contributed by atoms with Crippen LogP contribution in [0.15, 0.2) is 12.1 Å². The van der Waals surface area contributed by atoms with E-state index >= 15 is 0 Å². The first kappa shape index (κ1) is 19.9. The molecular formula is C21H28N8O2. The van der Waals surface area contributed by atoms with Crippen molar-refractivity contribution in [3.8, 4) is 23.1 Å². The molecule has 31 heavy (non-hydrogen) atoms. The topological polar surface area (TPSA) is 106 Å². The summed E-state index contributed by atoms with van der Waals surface area (Å²) in [6, 6.07) is 4.36. The molecule has 0 unspecified atom stereocenters. The summed E-state index contributed by atoms with van der Waals surface area (Å²) < 4.78 is 15.4. The minimum Gasteiger partial charge on any atom is -0.489 e. The van der Waals surface area contributed by atoms with Crippen LogP contribution >= 0.6 is 0 Å². The predicted molar refractivity (Wildman–Crippen MR) is 112 cm³/mol. The molecule has 10 nitrogen and oxygen atoms in total. The van der Waals surface area contributed by atoms with Crippen molar-refractivity contribution in [3.63, 3.8) is 0 Å². The maximum atomic E-state index is 6.21. The van der Waals surface area contributed by atoms with Crippen LogP contribution in [0.5, 0.6) is 11.8 Å². The van der Waals surface area contributed by atoms with Gasteiger partial charge in [-0.3, -0.25) is 0 Å². The van der Waals surface area contributed by atoms with Crippen LogP contribution in [0.2, 0.25) is 0 Å². The molecule has 0 aromatic carbocycles. The molecule has 164 valence electrons. The van der Waals surface area contributed by atoms with Crippen molar-refractivity contribution in [1.29, 1.82) is 0 Å². The van der Waals surface area contributed by atoms with Crippen LogP contribution in [-0.2, 0) is 13.6 Å². The van der Waals surface area contributed by atoms with Crippen LogP contribution in [0.25, 0.3) is 11.4 Å². The molecule has 0 atom stereocenters. The maximum absolute atomic E-state index is 6.21. The molecule has 5 rings (SSSR count). The van der Waals surface area contributed by atoms with E-state index in [-0.39, 0.29) is 0 Å². The van der Waals surface area contributed by atoms with E-state index in [2.05, 4.69) is 25.8 Å². The molecule has 0 radical (unpaired) electrons. The molecule has 2 fully saturated rings. The molecule has 0 saturated heterocycles. The quantitative estimate of drug-likeness (QED) is 0.543. The third kappa shape index (κ3) is 4.52. The highest BCUT2D eigenvalue weighted by Gasteiger charge is 2.24. The monoisotopic (exact) mass is 424 g/mol. The lowest BCUT2D eigenvalue weighted by molar-refractivity contribution is 0.153. The van der Waals surface area contributed by atoms with E-state index in [1.54, 1.807) is 9.36 Å². The second-order valence-electron chi connectivity index (χ2n) is 8.54. The average molecular weight is 425 g/mol. The summed E-state index contributed by atoms with van der Waals surface area (Å²) in [6.07, 6.45) is 8.73. The predicted octanol–water partition coefficient (Wildman–Crippen LogP) is 2.72. The van der Waals surface area contributed by atoms with E-state index in [0.29, 0.717) is 36.9 Å². The minimum atomic E-state index is 0.293. The van der Waals surface area contributed by atoms with Crippen LogP contribution in [0.4, 0.5) is 0 Å². The van der Waals surface area contributed by atoms with Gasteiger partial charge in [0.05, 0.1) is 36.3 Å². The highest BCUT2D eigenvalue weighted by molar-refractivity contribution is 5.58. The van der Waals surface area contributed by atoms with Crippen molar-refractivity contribution in [2.24, 2.45) is 13.0 Å². The normalized spacial score (nSPS) is 17.1. The van der Waals surface area contributed by atoms with Crippen LogP contribution in [0.3, 0.4) is 0 Å². The summed E-state index contributed by atoms with van der Waals surface area (Å²) in [7, 11) is 1.86. The Morgan fingerprint density at radius 2 is 1.87 bits per heavy atom. The highest BCUT2D eigenvalue weighted by atomic mass is 16.5. The smallest absolute Gasteiger partial charge is 0.335 e. The number of nitrogens with zero attached hydrogens (tertiary/aromatic N) is 8. The molecular weight excluding hydrogens is 396 g/mol. The number of hydrogen-bond acceptors (Lipinski definition) is 8. The molecule has 3 aromatic rings. The van der Waals surface area contributed by atoms with Crippen molar-refractivity contribution in [2.45, 2.75) is 64.5 Å². The number of rotatable bonds is 8. The van der Waals surface area contributed by atoms with Crippen molar-refractivity contribution in [3.05, 3.63) is 23.5 Å². The third-order valence-corrected chi connectivity index (χ3v) is 6.01. The van der Waals surface area contributed by atoms with E-state index in [4.69, 9.17) is 14.5 Å². The van der Waals surface area contributed by atoms with Gasteiger partial charge in [0.1, 0.15) is 11.4 Å². The van der Waals surface area contributed by atoms with E-state index < -0.39 is 0 Å². The number of pyridine rings is 1. The fraction of sp³-hybridized carbons (Fsp3) is 0.619. The van der Waals surface area contributed by atoms with Gasteiger partial charge in [0, 0.05) is 7.05 Å². The number of aromatic nitrogens is 8. The molecule has 0 aliphatic heterocycles. The van der Waals surface area contributed by atoms with Gasteiger partial charge in [-0.05, 0) is 73.9 Å². The van der Waals surface area contributed by atoms with Gasteiger partial charge in [0.25, 0.3) is 0 Å². The first-order chi connectivity index (χ1) is 15.2. The Morgan fingerprint density at radius 3 is 2.65 bits per heavy atom. The van der Waals surface area contributed by atoms with E-state index in [0.717, 1.165) is 35.7 Å². The Labute approximate surface area is 181 Å². The van der Waals surface area contributed by atoms with Gasteiger partial charge >= 0.3 is 6.01 Å². The summed E-state index contributed by atoms with van der Waals surface area (Å²) in [5, 5.41) is 20.4. The lowest BCUT2D eigenvalue weighted by atomic mass is 9.98. The van der Waals surface area contributed by atoms with Crippen LogP contribution in [0, 0.1) is 12.8 Å². The molecule has 3 aromatic heterocycles. The number of ether oxygens (including phenoxy) is 2. The van der Waals surface area contributed by atoms with Gasteiger partial charge < -0.3 is 9.47 Å². The number of hydrogen-bond donors (Lipinski definition) is 0. The van der Waals surface area contributed by atoms with Crippen molar-refractivity contribution < 1.29 is 9.47 Å². The zero-order chi connectivity index (χ0) is 21.2. The Bertz CT molecular complexity index is 1040. The van der Waals surface area contributed by atoms with E-state index in [9.17, 15) is 0 Å². The van der Waals surface area contributed by atoms with Gasteiger partial charge in [-0.15, -0.1) is 5.10 Å². The van der Waals surface area contributed by atoms with Crippen LogP contribution < -0.4 is 9.47 Å². The molecule has 0 amide bonds. The summed E-state index contributed by atoms with van der Waals surface area (Å²) >= 11 is 0. The van der Waals surface area contributed by atoms with Gasteiger partial charge in [-0.2, -0.15) is 4.68 Å². The zero-order valence-corrected chi connectivity index (χ0v) is 18.1. The molecule has 0 bridgehead atoms. The number of aryl methyl sites for hydroxylation is 2. The molecule has 0 N–H and O–H groups in total. The Balaban J connectivity index is 1.34. The van der Waals surface area contributed by atoms with Gasteiger partial charge in [-0.1, -0.05) is 16.7 Å². The number of tetrazole rings is 1. The highest BCUT2D eigenvalue weighted by Crippen LogP contribution is 2.30. The fourth-order valence-electron chi connectivity index (χ4n) is 3.94.